The first-order valence-corrected chi connectivity index (χ1v) is 10.6. The van der Waals surface area contributed by atoms with Crippen molar-refractivity contribution in [2.45, 2.75) is 25.3 Å². The molecule has 2 aliphatic rings. The van der Waals surface area contributed by atoms with E-state index in [0.717, 1.165) is 11.3 Å². The van der Waals surface area contributed by atoms with Crippen LogP contribution in [0, 0.1) is 5.92 Å². The van der Waals surface area contributed by atoms with Gasteiger partial charge in [-0.05, 0) is 43.0 Å². The van der Waals surface area contributed by atoms with Gasteiger partial charge in [0.1, 0.15) is 12.4 Å². The van der Waals surface area contributed by atoms with Crippen LogP contribution in [-0.2, 0) is 21.2 Å². The van der Waals surface area contributed by atoms with E-state index in [1.54, 1.807) is 13.1 Å². The summed E-state index contributed by atoms with van der Waals surface area (Å²) in [7, 11) is -1.60. The van der Waals surface area contributed by atoms with Gasteiger partial charge in [-0.1, -0.05) is 11.6 Å². The maximum absolute atomic E-state index is 12.8. The molecule has 6 nitrogen and oxygen atoms in total. The normalized spacial score (nSPS) is 21.8. The van der Waals surface area contributed by atoms with Gasteiger partial charge >= 0.3 is 0 Å². The van der Waals surface area contributed by atoms with Gasteiger partial charge in [-0.2, -0.15) is 0 Å². The maximum Gasteiger partial charge on any atom is 0.229 e. The molecule has 1 amide bonds. The SMILES string of the molecule is CN(C1CCN(C(=O)C2COc3ccc(Cl)cc3C2)CC1)S(C)(=O)=O. The molecule has 0 aromatic heterocycles. The summed E-state index contributed by atoms with van der Waals surface area (Å²) in [5.41, 5.74) is 0.962. The molecule has 1 aromatic rings. The lowest BCUT2D eigenvalue weighted by molar-refractivity contribution is -0.138. The Kier molecular flexibility index (Phi) is 5.27. The van der Waals surface area contributed by atoms with Crippen molar-refractivity contribution < 1.29 is 17.9 Å². The number of piperidine rings is 1. The van der Waals surface area contributed by atoms with Crippen LogP contribution in [0.2, 0.25) is 5.02 Å². The second-order valence-corrected chi connectivity index (χ2v) is 9.28. The molecule has 1 aromatic carbocycles. The minimum Gasteiger partial charge on any atom is -0.492 e. The summed E-state index contributed by atoms with van der Waals surface area (Å²) in [6, 6.07) is 5.43. The number of sulfonamides is 1. The summed E-state index contributed by atoms with van der Waals surface area (Å²) in [6.07, 6.45) is 3.15. The number of benzene rings is 1. The van der Waals surface area contributed by atoms with Crippen molar-refractivity contribution >= 4 is 27.5 Å². The fourth-order valence-electron chi connectivity index (χ4n) is 3.50. The minimum absolute atomic E-state index is 0.0406. The monoisotopic (exact) mass is 386 g/mol. The molecule has 138 valence electrons. The van der Waals surface area contributed by atoms with Crippen molar-refractivity contribution in [1.29, 1.82) is 0 Å². The first kappa shape index (κ1) is 18.5. The lowest BCUT2D eigenvalue weighted by Gasteiger charge is -2.37. The largest absolute Gasteiger partial charge is 0.492 e. The van der Waals surface area contributed by atoms with Crippen LogP contribution in [0.1, 0.15) is 18.4 Å². The smallest absolute Gasteiger partial charge is 0.229 e. The van der Waals surface area contributed by atoms with Gasteiger partial charge in [0.15, 0.2) is 0 Å². The van der Waals surface area contributed by atoms with Gasteiger partial charge in [0.25, 0.3) is 0 Å². The summed E-state index contributed by atoms with van der Waals surface area (Å²) in [4.78, 5) is 14.6. The predicted molar refractivity (Wildman–Crippen MR) is 96.3 cm³/mol. The Morgan fingerprint density at radius 1 is 1.32 bits per heavy atom. The molecule has 1 fully saturated rings. The quantitative estimate of drug-likeness (QED) is 0.794. The van der Waals surface area contributed by atoms with Gasteiger partial charge in [-0.15, -0.1) is 0 Å². The number of hydrogen-bond donors (Lipinski definition) is 0. The Labute approximate surface area is 153 Å². The molecule has 1 atom stereocenters. The number of fused-ring (bicyclic) bond motifs is 1. The summed E-state index contributed by atoms with van der Waals surface area (Å²) in [5.74, 6) is 0.656. The highest BCUT2D eigenvalue weighted by molar-refractivity contribution is 7.88. The van der Waals surface area contributed by atoms with Crippen LogP contribution in [0.15, 0.2) is 18.2 Å². The topological polar surface area (TPSA) is 66.9 Å². The first-order chi connectivity index (χ1) is 11.8. The van der Waals surface area contributed by atoms with E-state index in [1.165, 1.54) is 10.6 Å². The van der Waals surface area contributed by atoms with E-state index in [4.69, 9.17) is 16.3 Å². The zero-order valence-corrected chi connectivity index (χ0v) is 16.0. The van der Waals surface area contributed by atoms with Crippen molar-refractivity contribution in [3.8, 4) is 5.75 Å². The van der Waals surface area contributed by atoms with Crippen molar-refractivity contribution in [1.82, 2.24) is 9.21 Å². The number of nitrogens with zero attached hydrogens (tertiary/aromatic N) is 2. The second-order valence-electron chi connectivity index (χ2n) is 6.80. The number of ether oxygens (including phenoxy) is 1. The number of halogens is 1. The fraction of sp³-hybridized carbons (Fsp3) is 0.588. The van der Waals surface area contributed by atoms with Crippen molar-refractivity contribution in [3.05, 3.63) is 28.8 Å². The number of carbonyl (C=O) groups is 1. The Bertz CT molecular complexity index is 760. The average Bonchev–Trinajstić information content (AvgIpc) is 2.59. The van der Waals surface area contributed by atoms with Crippen LogP contribution in [0.4, 0.5) is 0 Å². The van der Waals surface area contributed by atoms with E-state index in [9.17, 15) is 13.2 Å². The number of amides is 1. The number of rotatable bonds is 3. The van der Waals surface area contributed by atoms with Gasteiger partial charge < -0.3 is 9.64 Å². The molecule has 0 saturated carbocycles. The first-order valence-electron chi connectivity index (χ1n) is 8.38. The highest BCUT2D eigenvalue weighted by Gasteiger charge is 2.33. The highest BCUT2D eigenvalue weighted by atomic mass is 35.5. The standard InChI is InChI=1S/C17H23ClN2O4S/c1-19(25(2,22)23)15-5-7-20(8-6-15)17(21)13-9-12-10-14(18)3-4-16(12)24-11-13/h3-4,10,13,15H,5-9,11H2,1-2H3. The molecule has 1 unspecified atom stereocenters. The van der Waals surface area contributed by atoms with Crippen LogP contribution in [0.3, 0.4) is 0 Å². The summed E-state index contributed by atoms with van der Waals surface area (Å²) in [6.45, 7) is 1.52. The molecule has 0 spiro atoms. The van der Waals surface area contributed by atoms with Crippen molar-refractivity contribution in [2.24, 2.45) is 5.92 Å². The molecule has 8 heteroatoms. The lowest BCUT2D eigenvalue weighted by atomic mass is 9.94. The Morgan fingerprint density at radius 2 is 2.00 bits per heavy atom. The second kappa shape index (κ2) is 7.13. The van der Waals surface area contributed by atoms with Gasteiger partial charge in [-0.3, -0.25) is 4.79 Å². The van der Waals surface area contributed by atoms with Gasteiger partial charge in [0.2, 0.25) is 15.9 Å². The summed E-state index contributed by atoms with van der Waals surface area (Å²) >= 11 is 6.03. The van der Waals surface area contributed by atoms with Crippen LogP contribution < -0.4 is 4.74 Å². The van der Waals surface area contributed by atoms with E-state index >= 15 is 0 Å². The van der Waals surface area contributed by atoms with E-state index in [0.29, 0.717) is 44.0 Å². The lowest BCUT2D eigenvalue weighted by Crippen LogP contribution is -2.49. The maximum atomic E-state index is 12.8. The van der Waals surface area contributed by atoms with E-state index in [1.807, 2.05) is 17.0 Å². The highest BCUT2D eigenvalue weighted by Crippen LogP contribution is 2.31. The molecule has 1 saturated heterocycles. The molecule has 0 aliphatic carbocycles. The summed E-state index contributed by atoms with van der Waals surface area (Å²) < 4.78 is 30.4. The van der Waals surface area contributed by atoms with E-state index < -0.39 is 10.0 Å². The van der Waals surface area contributed by atoms with E-state index in [-0.39, 0.29) is 17.9 Å². The minimum atomic E-state index is -3.20. The number of hydrogen-bond acceptors (Lipinski definition) is 4. The third-order valence-corrected chi connectivity index (χ3v) is 6.67. The molecular weight excluding hydrogens is 364 g/mol. The number of carbonyl (C=O) groups excluding carboxylic acids is 1. The zero-order valence-electron chi connectivity index (χ0n) is 14.4. The molecule has 0 bridgehead atoms. The van der Waals surface area contributed by atoms with Gasteiger partial charge in [0.05, 0.1) is 12.2 Å². The average molecular weight is 387 g/mol. The Morgan fingerprint density at radius 3 is 2.64 bits per heavy atom. The molecular formula is C17H23ClN2O4S. The number of likely N-dealkylation sites (tertiary alicyclic amines) is 1. The third-order valence-electron chi connectivity index (χ3n) is 5.09. The van der Waals surface area contributed by atoms with Crippen molar-refractivity contribution in [2.75, 3.05) is 33.0 Å². The molecule has 2 aliphatic heterocycles. The Balaban J connectivity index is 1.60. The Hall–Kier alpha value is -1.31. The molecule has 0 N–H and O–H groups in total. The molecule has 2 heterocycles. The van der Waals surface area contributed by atoms with Gasteiger partial charge in [0, 0.05) is 31.2 Å². The van der Waals surface area contributed by atoms with Crippen LogP contribution in [0.25, 0.3) is 0 Å². The molecule has 3 rings (SSSR count). The molecule has 25 heavy (non-hydrogen) atoms. The van der Waals surface area contributed by atoms with Crippen molar-refractivity contribution in [3.63, 3.8) is 0 Å². The summed E-state index contributed by atoms with van der Waals surface area (Å²) in [5, 5.41) is 0.639. The van der Waals surface area contributed by atoms with Gasteiger partial charge in [-0.25, -0.2) is 12.7 Å². The van der Waals surface area contributed by atoms with Crippen LogP contribution in [-0.4, -0.2) is 62.6 Å². The molecule has 0 radical (unpaired) electrons. The van der Waals surface area contributed by atoms with E-state index in [2.05, 4.69) is 0 Å². The zero-order chi connectivity index (χ0) is 18.2. The predicted octanol–water partition coefficient (Wildman–Crippen LogP) is 1.77. The van der Waals surface area contributed by atoms with Crippen LogP contribution in [0.5, 0.6) is 5.75 Å². The fourth-order valence-corrected chi connectivity index (χ4v) is 4.45. The van der Waals surface area contributed by atoms with Crippen LogP contribution >= 0.6 is 11.6 Å². The third kappa shape index (κ3) is 4.10.